The quantitative estimate of drug-likeness (QED) is 0.775. The van der Waals surface area contributed by atoms with E-state index in [4.69, 9.17) is 0 Å². The van der Waals surface area contributed by atoms with Crippen LogP contribution in [-0.4, -0.2) is 37.1 Å². The van der Waals surface area contributed by atoms with Crippen LogP contribution in [-0.2, 0) is 0 Å². The number of hydrogen-bond donors (Lipinski definition) is 1. The van der Waals surface area contributed by atoms with Gasteiger partial charge in [-0.05, 0) is 44.3 Å². The van der Waals surface area contributed by atoms with E-state index in [0.29, 0.717) is 11.5 Å². The highest BCUT2D eigenvalue weighted by atomic mass is 15.2. The summed E-state index contributed by atoms with van der Waals surface area (Å²) >= 11 is 0. The van der Waals surface area contributed by atoms with E-state index in [9.17, 15) is 0 Å². The molecule has 0 aromatic rings. The third-order valence-electron chi connectivity index (χ3n) is 3.58. The fourth-order valence-corrected chi connectivity index (χ4v) is 2.36. The van der Waals surface area contributed by atoms with E-state index in [1.165, 1.54) is 45.3 Å². The van der Waals surface area contributed by atoms with Crippen LogP contribution in [0.5, 0.6) is 0 Å². The van der Waals surface area contributed by atoms with Gasteiger partial charge >= 0.3 is 0 Å². The smallest absolute Gasteiger partial charge is 0.0243 e. The van der Waals surface area contributed by atoms with E-state index in [0.717, 1.165) is 6.54 Å². The zero-order valence-electron chi connectivity index (χ0n) is 11.7. The van der Waals surface area contributed by atoms with E-state index in [-0.39, 0.29) is 0 Å². The Morgan fingerprint density at radius 1 is 1.12 bits per heavy atom. The molecule has 1 rings (SSSR count). The summed E-state index contributed by atoms with van der Waals surface area (Å²) < 4.78 is 0. The van der Waals surface area contributed by atoms with Gasteiger partial charge in [0.05, 0.1) is 0 Å². The van der Waals surface area contributed by atoms with Crippen LogP contribution in [0.1, 0.15) is 53.4 Å². The first-order chi connectivity index (χ1) is 7.54. The normalized spacial score (nSPS) is 21.0. The van der Waals surface area contributed by atoms with Gasteiger partial charge in [0, 0.05) is 12.6 Å². The lowest BCUT2D eigenvalue weighted by molar-refractivity contribution is 0.153. The maximum Gasteiger partial charge on any atom is 0.0243 e. The first kappa shape index (κ1) is 14.0. The van der Waals surface area contributed by atoms with Crippen molar-refractivity contribution in [2.24, 2.45) is 5.41 Å². The average molecular weight is 226 g/mol. The van der Waals surface area contributed by atoms with Gasteiger partial charge in [-0.3, -0.25) is 0 Å². The van der Waals surface area contributed by atoms with Gasteiger partial charge in [-0.1, -0.05) is 34.1 Å². The molecule has 1 fully saturated rings. The van der Waals surface area contributed by atoms with Crippen molar-refractivity contribution in [2.75, 3.05) is 26.2 Å². The van der Waals surface area contributed by atoms with Gasteiger partial charge in [0.25, 0.3) is 0 Å². The third-order valence-corrected chi connectivity index (χ3v) is 3.58. The van der Waals surface area contributed by atoms with Crippen molar-refractivity contribution in [3.63, 3.8) is 0 Å². The predicted octanol–water partition coefficient (Wildman–Crippen LogP) is 2.89. The monoisotopic (exact) mass is 226 g/mol. The molecule has 1 atom stereocenters. The predicted molar refractivity (Wildman–Crippen MR) is 71.8 cm³/mol. The van der Waals surface area contributed by atoms with Gasteiger partial charge in [0.15, 0.2) is 0 Å². The van der Waals surface area contributed by atoms with Crippen molar-refractivity contribution >= 4 is 0 Å². The zero-order chi connectivity index (χ0) is 12.0. The van der Waals surface area contributed by atoms with Crippen LogP contribution in [0.3, 0.4) is 0 Å². The lowest BCUT2D eigenvalue weighted by atomic mass is 9.86. The molecule has 0 spiro atoms. The molecule has 1 saturated heterocycles. The summed E-state index contributed by atoms with van der Waals surface area (Å²) in [6.45, 7) is 14.3. The Morgan fingerprint density at radius 2 is 1.75 bits per heavy atom. The molecule has 2 heteroatoms. The van der Waals surface area contributed by atoms with E-state index >= 15 is 0 Å². The van der Waals surface area contributed by atoms with Gasteiger partial charge in [-0.2, -0.15) is 0 Å². The van der Waals surface area contributed by atoms with Gasteiger partial charge in [0.2, 0.25) is 0 Å². The fourth-order valence-electron chi connectivity index (χ4n) is 2.36. The summed E-state index contributed by atoms with van der Waals surface area (Å²) in [5.41, 5.74) is 0.368. The third kappa shape index (κ3) is 4.84. The fraction of sp³-hybridized carbons (Fsp3) is 1.00. The van der Waals surface area contributed by atoms with Crippen molar-refractivity contribution in [1.82, 2.24) is 10.2 Å². The largest absolute Gasteiger partial charge is 0.312 e. The van der Waals surface area contributed by atoms with Crippen LogP contribution in [0.15, 0.2) is 0 Å². The summed E-state index contributed by atoms with van der Waals surface area (Å²) in [5.74, 6) is 0. The molecule has 1 N–H and O–H groups in total. The Morgan fingerprint density at radius 3 is 2.25 bits per heavy atom. The summed E-state index contributed by atoms with van der Waals surface area (Å²) in [6, 6.07) is 0.630. The van der Waals surface area contributed by atoms with Crippen LogP contribution < -0.4 is 5.32 Å². The number of likely N-dealkylation sites (tertiary alicyclic amines) is 1. The second-order valence-electron chi connectivity index (χ2n) is 6.23. The van der Waals surface area contributed by atoms with Crippen LogP contribution >= 0.6 is 0 Å². The number of nitrogens with one attached hydrogen (secondary N) is 1. The first-order valence-corrected chi connectivity index (χ1v) is 6.99. The molecule has 0 radical (unpaired) electrons. The van der Waals surface area contributed by atoms with Gasteiger partial charge < -0.3 is 10.2 Å². The molecule has 0 aliphatic carbocycles. The highest BCUT2D eigenvalue weighted by Gasteiger charge is 2.26. The van der Waals surface area contributed by atoms with Crippen molar-refractivity contribution in [3.05, 3.63) is 0 Å². The minimum Gasteiger partial charge on any atom is -0.312 e. The molecular weight excluding hydrogens is 196 g/mol. The maximum absolute atomic E-state index is 3.71. The second-order valence-corrected chi connectivity index (χ2v) is 6.23. The van der Waals surface area contributed by atoms with E-state index in [1.54, 1.807) is 0 Å². The standard InChI is InChI=1S/C14H30N2/c1-5-9-15-13(14(2,3)4)12-16-10-7-6-8-11-16/h13,15H,5-12H2,1-4H3. The zero-order valence-corrected chi connectivity index (χ0v) is 11.7. The summed E-state index contributed by atoms with van der Waals surface area (Å²) in [6.07, 6.45) is 5.45. The highest BCUT2D eigenvalue weighted by Crippen LogP contribution is 2.21. The lowest BCUT2D eigenvalue weighted by Crippen LogP contribution is -2.49. The Balaban J connectivity index is 2.41. The molecule has 0 saturated carbocycles. The number of rotatable bonds is 5. The molecule has 16 heavy (non-hydrogen) atoms. The molecule has 96 valence electrons. The molecule has 1 aliphatic rings. The molecular formula is C14H30N2. The summed E-state index contributed by atoms with van der Waals surface area (Å²) in [7, 11) is 0. The molecule has 0 aromatic heterocycles. The Hall–Kier alpha value is -0.0800. The van der Waals surface area contributed by atoms with Gasteiger partial charge in [0.1, 0.15) is 0 Å². The molecule has 0 bridgehead atoms. The lowest BCUT2D eigenvalue weighted by Gasteiger charge is -2.37. The Kier molecular flexibility index (Phi) is 5.77. The van der Waals surface area contributed by atoms with Crippen molar-refractivity contribution in [1.29, 1.82) is 0 Å². The van der Waals surface area contributed by atoms with Crippen LogP contribution in [0.25, 0.3) is 0 Å². The Labute approximate surface area is 102 Å². The van der Waals surface area contributed by atoms with E-state index in [2.05, 4.69) is 37.9 Å². The summed E-state index contributed by atoms with van der Waals surface area (Å²) in [4.78, 5) is 2.64. The van der Waals surface area contributed by atoms with Crippen molar-refractivity contribution < 1.29 is 0 Å². The van der Waals surface area contributed by atoms with E-state index < -0.39 is 0 Å². The molecule has 1 heterocycles. The van der Waals surface area contributed by atoms with Crippen LogP contribution in [0.4, 0.5) is 0 Å². The second kappa shape index (κ2) is 6.61. The summed E-state index contributed by atoms with van der Waals surface area (Å²) in [5, 5.41) is 3.71. The van der Waals surface area contributed by atoms with Gasteiger partial charge in [-0.25, -0.2) is 0 Å². The SMILES string of the molecule is CCCNC(CN1CCCCC1)C(C)(C)C. The van der Waals surface area contributed by atoms with Crippen molar-refractivity contribution in [3.8, 4) is 0 Å². The highest BCUT2D eigenvalue weighted by molar-refractivity contribution is 4.84. The van der Waals surface area contributed by atoms with Crippen LogP contribution in [0, 0.1) is 5.41 Å². The molecule has 1 unspecified atom stereocenters. The molecule has 0 aromatic carbocycles. The minimum absolute atomic E-state index is 0.368. The molecule has 0 amide bonds. The first-order valence-electron chi connectivity index (χ1n) is 6.99. The Bertz CT molecular complexity index is 178. The van der Waals surface area contributed by atoms with Gasteiger partial charge in [-0.15, -0.1) is 0 Å². The average Bonchev–Trinajstić information content (AvgIpc) is 2.24. The number of nitrogens with zero attached hydrogens (tertiary/aromatic N) is 1. The van der Waals surface area contributed by atoms with Crippen molar-refractivity contribution in [2.45, 2.75) is 59.4 Å². The minimum atomic E-state index is 0.368. The number of hydrogen-bond acceptors (Lipinski definition) is 2. The van der Waals surface area contributed by atoms with Crippen LogP contribution in [0.2, 0.25) is 0 Å². The molecule has 2 nitrogen and oxygen atoms in total. The number of piperidine rings is 1. The topological polar surface area (TPSA) is 15.3 Å². The maximum atomic E-state index is 3.71. The van der Waals surface area contributed by atoms with E-state index in [1.807, 2.05) is 0 Å². The molecule has 1 aliphatic heterocycles.